The summed E-state index contributed by atoms with van der Waals surface area (Å²) in [5, 5.41) is 0.789. The van der Waals surface area contributed by atoms with Crippen molar-refractivity contribution >= 4 is 31.9 Å². The summed E-state index contributed by atoms with van der Waals surface area (Å²) in [5.74, 6) is 1.79. The largest absolute Gasteiger partial charge is 0.457 e. The Kier molecular flexibility index (Phi) is 4.46. The van der Waals surface area contributed by atoms with Crippen LogP contribution in [0.15, 0.2) is 40.9 Å². The molecular weight excluding hydrogens is 356 g/mol. The standard InChI is InChI=1S/C15H14Br2O/c1-10-3-6-14(12(7-10)9-16)18-15-8-13(17)5-4-11(15)2/h3-8H,9H2,1-2H3. The Hall–Kier alpha value is -0.800. The highest BCUT2D eigenvalue weighted by atomic mass is 79.9. The molecule has 0 atom stereocenters. The summed E-state index contributed by atoms with van der Waals surface area (Å²) in [7, 11) is 0. The van der Waals surface area contributed by atoms with Crippen LogP contribution in [0.2, 0.25) is 0 Å². The van der Waals surface area contributed by atoms with E-state index in [2.05, 4.69) is 50.9 Å². The lowest BCUT2D eigenvalue weighted by atomic mass is 10.1. The Morgan fingerprint density at radius 2 is 1.78 bits per heavy atom. The molecule has 0 aromatic heterocycles. The van der Waals surface area contributed by atoms with E-state index in [4.69, 9.17) is 4.74 Å². The van der Waals surface area contributed by atoms with Crippen molar-refractivity contribution in [2.75, 3.05) is 0 Å². The van der Waals surface area contributed by atoms with E-state index >= 15 is 0 Å². The van der Waals surface area contributed by atoms with Gasteiger partial charge >= 0.3 is 0 Å². The first kappa shape index (κ1) is 13.6. The smallest absolute Gasteiger partial charge is 0.131 e. The maximum atomic E-state index is 6.01. The Morgan fingerprint density at radius 3 is 2.50 bits per heavy atom. The van der Waals surface area contributed by atoms with Gasteiger partial charge in [0.2, 0.25) is 0 Å². The van der Waals surface area contributed by atoms with E-state index in [9.17, 15) is 0 Å². The number of halogens is 2. The van der Waals surface area contributed by atoms with Crippen LogP contribution in [0.4, 0.5) is 0 Å². The van der Waals surface area contributed by atoms with Gasteiger partial charge in [-0.1, -0.05) is 55.6 Å². The molecule has 0 fully saturated rings. The van der Waals surface area contributed by atoms with E-state index < -0.39 is 0 Å². The normalized spacial score (nSPS) is 10.4. The van der Waals surface area contributed by atoms with E-state index in [1.165, 1.54) is 5.56 Å². The number of rotatable bonds is 3. The lowest BCUT2D eigenvalue weighted by molar-refractivity contribution is 0.474. The maximum Gasteiger partial charge on any atom is 0.131 e. The van der Waals surface area contributed by atoms with Gasteiger partial charge in [0.05, 0.1) is 0 Å². The quantitative estimate of drug-likeness (QED) is 0.625. The SMILES string of the molecule is Cc1ccc(Oc2cc(Br)ccc2C)c(CBr)c1. The summed E-state index contributed by atoms with van der Waals surface area (Å²) < 4.78 is 7.03. The first-order valence-electron chi connectivity index (χ1n) is 5.69. The minimum atomic E-state index is 0.789. The summed E-state index contributed by atoms with van der Waals surface area (Å²) in [6.45, 7) is 4.13. The molecule has 0 aliphatic heterocycles. The van der Waals surface area contributed by atoms with E-state index in [-0.39, 0.29) is 0 Å². The molecule has 0 spiro atoms. The van der Waals surface area contributed by atoms with Crippen molar-refractivity contribution in [3.63, 3.8) is 0 Å². The van der Waals surface area contributed by atoms with Crippen molar-refractivity contribution in [3.8, 4) is 11.5 Å². The Morgan fingerprint density at radius 1 is 1.00 bits per heavy atom. The summed E-state index contributed by atoms with van der Waals surface area (Å²) >= 11 is 6.97. The highest BCUT2D eigenvalue weighted by molar-refractivity contribution is 9.10. The van der Waals surface area contributed by atoms with Crippen LogP contribution in [0.1, 0.15) is 16.7 Å². The molecule has 94 valence electrons. The number of hydrogen-bond donors (Lipinski definition) is 0. The molecule has 2 aromatic rings. The predicted octanol–water partition coefficient (Wildman–Crippen LogP) is 5.75. The predicted molar refractivity (Wildman–Crippen MR) is 82.8 cm³/mol. The van der Waals surface area contributed by atoms with Gasteiger partial charge < -0.3 is 4.74 Å². The molecule has 2 rings (SSSR count). The number of benzene rings is 2. The Balaban J connectivity index is 2.36. The summed E-state index contributed by atoms with van der Waals surface area (Å²) in [6, 6.07) is 12.3. The van der Waals surface area contributed by atoms with Crippen LogP contribution < -0.4 is 4.74 Å². The monoisotopic (exact) mass is 368 g/mol. The molecule has 0 bridgehead atoms. The van der Waals surface area contributed by atoms with Gasteiger partial charge in [0.25, 0.3) is 0 Å². The zero-order chi connectivity index (χ0) is 13.1. The fraction of sp³-hybridized carbons (Fsp3) is 0.200. The summed E-state index contributed by atoms with van der Waals surface area (Å²) in [6.07, 6.45) is 0. The molecule has 1 nitrogen and oxygen atoms in total. The van der Waals surface area contributed by atoms with E-state index in [1.807, 2.05) is 31.2 Å². The summed E-state index contributed by atoms with van der Waals surface area (Å²) in [4.78, 5) is 0. The molecular formula is C15H14Br2O. The summed E-state index contributed by atoms with van der Waals surface area (Å²) in [5.41, 5.74) is 3.52. The van der Waals surface area contributed by atoms with Gasteiger partial charge in [-0.25, -0.2) is 0 Å². The zero-order valence-electron chi connectivity index (χ0n) is 10.3. The van der Waals surface area contributed by atoms with Gasteiger partial charge in [-0.05, 0) is 37.6 Å². The van der Waals surface area contributed by atoms with Crippen molar-refractivity contribution in [2.24, 2.45) is 0 Å². The average Bonchev–Trinajstić information content (AvgIpc) is 2.36. The van der Waals surface area contributed by atoms with E-state index in [1.54, 1.807) is 0 Å². The highest BCUT2D eigenvalue weighted by Crippen LogP contribution is 2.31. The van der Waals surface area contributed by atoms with Gasteiger partial charge in [-0.15, -0.1) is 0 Å². The van der Waals surface area contributed by atoms with E-state index in [0.717, 1.165) is 32.4 Å². The van der Waals surface area contributed by atoms with Crippen LogP contribution in [0.5, 0.6) is 11.5 Å². The van der Waals surface area contributed by atoms with Crippen molar-refractivity contribution in [2.45, 2.75) is 19.2 Å². The molecule has 0 aliphatic carbocycles. The molecule has 0 aliphatic rings. The van der Waals surface area contributed by atoms with Crippen LogP contribution in [0.25, 0.3) is 0 Å². The van der Waals surface area contributed by atoms with Gasteiger partial charge in [-0.2, -0.15) is 0 Å². The molecule has 3 heteroatoms. The van der Waals surface area contributed by atoms with Crippen molar-refractivity contribution in [3.05, 3.63) is 57.6 Å². The molecule has 0 saturated heterocycles. The van der Waals surface area contributed by atoms with E-state index in [0.29, 0.717) is 0 Å². The van der Waals surface area contributed by atoms with Gasteiger partial charge in [0.15, 0.2) is 0 Å². The number of ether oxygens (including phenoxy) is 1. The fourth-order valence-corrected chi connectivity index (χ4v) is 2.49. The van der Waals surface area contributed by atoms with Crippen molar-refractivity contribution < 1.29 is 4.74 Å². The topological polar surface area (TPSA) is 9.23 Å². The Labute approximate surface area is 124 Å². The third-order valence-corrected chi connectivity index (χ3v) is 3.83. The molecule has 0 N–H and O–H groups in total. The minimum absolute atomic E-state index is 0.789. The number of hydrogen-bond acceptors (Lipinski definition) is 1. The van der Waals surface area contributed by atoms with Crippen molar-refractivity contribution in [1.82, 2.24) is 0 Å². The highest BCUT2D eigenvalue weighted by Gasteiger charge is 2.07. The minimum Gasteiger partial charge on any atom is -0.457 e. The van der Waals surface area contributed by atoms with Crippen LogP contribution in [0.3, 0.4) is 0 Å². The first-order chi connectivity index (χ1) is 8.60. The maximum absolute atomic E-state index is 6.01. The van der Waals surface area contributed by atoms with Crippen LogP contribution in [-0.2, 0) is 5.33 Å². The Bertz CT molecular complexity index is 564. The van der Waals surface area contributed by atoms with Crippen LogP contribution in [0, 0.1) is 13.8 Å². The molecule has 18 heavy (non-hydrogen) atoms. The van der Waals surface area contributed by atoms with Gasteiger partial charge in [0, 0.05) is 15.4 Å². The molecule has 0 radical (unpaired) electrons. The van der Waals surface area contributed by atoms with Gasteiger partial charge in [0.1, 0.15) is 11.5 Å². The van der Waals surface area contributed by atoms with Crippen LogP contribution >= 0.6 is 31.9 Å². The first-order valence-corrected chi connectivity index (χ1v) is 7.61. The number of aryl methyl sites for hydroxylation is 2. The lowest BCUT2D eigenvalue weighted by Gasteiger charge is -2.12. The lowest BCUT2D eigenvalue weighted by Crippen LogP contribution is -1.92. The second kappa shape index (κ2) is 5.89. The number of alkyl halides is 1. The molecule has 0 amide bonds. The molecule has 0 unspecified atom stereocenters. The average molecular weight is 370 g/mol. The molecule has 2 aromatic carbocycles. The third-order valence-electron chi connectivity index (χ3n) is 2.73. The fourth-order valence-electron chi connectivity index (χ4n) is 1.71. The third kappa shape index (κ3) is 3.15. The van der Waals surface area contributed by atoms with Crippen molar-refractivity contribution in [1.29, 1.82) is 0 Å². The second-order valence-electron chi connectivity index (χ2n) is 4.26. The molecule has 0 heterocycles. The second-order valence-corrected chi connectivity index (χ2v) is 5.73. The van der Waals surface area contributed by atoms with Gasteiger partial charge in [-0.3, -0.25) is 0 Å². The zero-order valence-corrected chi connectivity index (χ0v) is 13.5. The molecule has 0 saturated carbocycles. The van der Waals surface area contributed by atoms with Crippen LogP contribution in [-0.4, -0.2) is 0 Å².